The normalized spacial score (nSPS) is 13.6. The Bertz CT molecular complexity index is 541. The van der Waals surface area contributed by atoms with E-state index in [2.05, 4.69) is 4.98 Å². The number of alkyl halides is 3. The van der Waals surface area contributed by atoms with Gasteiger partial charge in [-0.15, -0.1) is 0 Å². The van der Waals surface area contributed by atoms with Gasteiger partial charge in [0.05, 0.1) is 11.8 Å². The fourth-order valence-electron chi connectivity index (χ4n) is 1.58. The van der Waals surface area contributed by atoms with E-state index in [1.807, 2.05) is 0 Å². The molecular weight excluding hydrogens is 289 g/mol. The van der Waals surface area contributed by atoms with Crippen LogP contribution in [0.1, 0.15) is 24.9 Å². The van der Waals surface area contributed by atoms with Gasteiger partial charge in [0.15, 0.2) is 5.78 Å². The number of nitrogens with one attached hydrogen (secondary N) is 1. The number of allylic oxidation sites excluding steroid dienone is 1. The number of carbonyl (C=O) groups excluding carboxylic acids is 2. The van der Waals surface area contributed by atoms with Gasteiger partial charge in [-0.3, -0.25) is 14.6 Å². The zero-order valence-electron chi connectivity index (χ0n) is 11.0. The van der Waals surface area contributed by atoms with Crippen molar-refractivity contribution >= 4 is 11.7 Å². The number of ketones is 1. The molecule has 0 spiro atoms. The molecule has 1 aromatic rings. The van der Waals surface area contributed by atoms with Crippen molar-refractivity contribution in [1.29, 1.82) is 0 Å². The number of hydrogen-bond donors (Lipinski definition) is 2. The lowest BCUT2D eigenvalue weighted by atomic mass is 10.0. The van der Waals surface area contributed by atoms with Crippen LogP contribution in [0.25, 0.3) is 0 Å². The van der Waals surface area contributed by atoms with Crippen LogP contribution >= 0.6 is 0 Å². The molecule has 0 aliphatic carbocycles. The first-order valence-electron chi connectivity index (χ1n) is 5.88. The lowest BCUT2D eigenvalue weighted by Crippen LogP contribution is -2.39. The molecule has 1 heterocycles. The quantitative estimate of drug-likeness (QED) is 0.645. The Labute approximate surface area is 118 Å². The third-order valence-corrected chi connectivity index (χ3v) is 2.43. The number of halogens is 3. The van der Waals surface area contributed by atoms with E-state index in [0.29, 0.717) is 0 Å². The number of hydrogen-bond acceptors (Lipinski definition) is 4. The minimum Gasteiger partial charge on any atom is -0.512 e. The molecule has 0 radical (unpaired) electrons. The lowest BCUT2D eigenvalue weighted by Gasteiger charge is -2.19. The van der Waals surface area contributed by atoms with Crippen LogP contribution in [0.2, 0.25) is 0 Å². The Balaban J connectivity index is 2.96. The highest BCUT2D eigenvalue weighted by atomic mass is 19.4. The number of carbonyl (C=O) groups is 2. The number of nitrogens with zero attached hydrogens (tertiary/aromatic N) is 1. The molecule has 1 atom stereocenters. The second-order valence-electron chi connectivity index (χ2n) is 4.26. The fourth-order valence-corrected chi connectivity index (χ4v) is 1.58. The van der Waals surface area contributed by atoms with E-state index in [-0.39, 0.29) is 12.0 Å². The molecule has 8 heteroatoms. The van der Waals surface area contributed by atoms with Crippen molar-refractivity contribution in [2.24, 2.45) is 0 Å². The standard InChI is InChI=1S/C13H13F3N2O3/c1-8(19)5-10(20)6-11(9-3-2-4-17-7-9)18-12(21)13(14,15)16/h2-5,7,11,20H,6H2,1H3,(H,18,21)/b10-5-. The Morgan fingerprint density at radius 3 is 2.62 bits per heavy atom. The first-order chi connectivity index (χ1) is 9.70. The largest absolute Gasteiger partial charge is 0.512 e. The molecule has 0 aliphatic rings. The Kier molecular flexibility index (Phi) is 5.45. The number of aliphatic hydroxyl groups excluding tert-OH is 1. The van der Waals surface area contributed by atoms with Crippen LogP contribution in [-0.4, -0.2) is 28.0 Å². The molecule has 0 aromatic carbocycles. The second-order valence-corrected chi connectivity index (χ2v) is 4.26. The highest BCUT2D eigenvalue weighted by molar-refractivity contribution is 5.87. The zero-order valence-corrected chi connectivity index (χ0v) is 11.0. The van der Waals surface area contributed by atoms with Crippen molar-refractivity contribution in [3.8, 4) is 0 Å². The molecule has 114 valence electrons. The molecule has 21 heavy (non-hydrogen) atoms. The van der Waals surface area contributed by atoms with Crippen molar-refractivity contribution in [3.05, 3.63) is 41.9 Å². The molecule has 0 fully saturated rings. The summed E-state index contributed by atoms with van der Waals surface area (Å²) in [6, 6.07) is 1.78. The summed E-state index contributed by atoms with van der Waals surface area (Å²) in [7, 11) is 0. The first-order valence-corrected chi connectivity index (χ1v) is 5.88. The van der Waals surface area contributed by atoms with Gasteiger partial charge in [-0.1, -0.05) is 6.07 Å². The SMILES string of the molecule is CC(=O)/C=C(\O)CC(NC(=O)C(F)(F)F)c1cccnc1. The number of aliphatic hydroxyl groups is 1. The van der Waals surface area contributed by atoms with Crippen LogP contribution in [0.3, 0.4) is 0 Å². The summed E-state index contributed by atoms with van der Waals surface area (Å²) in [6.45, 7) is 1.18. The molecule has 1 amide bonds. The fraction of sp³-hybridized carbons (Fsp3) is 0.308. The Hall–Kier alpha value is -2.38. The molecule has 1 rings (SSSR count). The highest BCUT2D eigenvalue weighted by Gasteiger charge is 2.40. The molecule has 0 bridgehead atoms. The van der Waals surface area contributed by atoms with Crippen LogP contribution in [0.4, 0.5) is 13.2 Å². The second kappa shape index (κ2) is 6.87. The molecule has 5 nitrogen and oxygen atoms in total. The monoisotopic (exact) mass is 302 g/mol. The van der Waals surface area contributed by atoms with E-state index >= 15 is 0 Å². The van der Waals surface area contributed by atoms with Gasteiger partial charge in [-0.05, 0) is 18.6 Å². The molecule has 0 saturated carbocycles. The third-order valence-electron chi connectivity index (χ3n) is 2.43. The van der Waals surface area contributed by atoms with E-state index in [1.165, 1.54) is 31.5 Å². The summed E-state index contributed by atoms with van der Waals surface area (Å²) in [5.41, 5.74) is 0.276. The average Bonchev–Trinajstić information content (AvgIpc) is 2.36. The molecule has 0 saturated heterocycles. The Morgan fingerprint density at radius 2 is 2.14 bits per heavy atom. The maximum Gasteiger partial charge on any atom is 0.471 e. The van der Waals surface area contributed by atoms with Gasteiger partial charge in [0.2, 0.25) is 0 Å². The summed E-state index contributed by atoms with van der Waals surface area (Å²) in [5.74, 6) is -3.02. The van der Waals surface area contributed by atoms with Gasteiger partial charge in [0.1, 0.15) is 0 Å². The summed E-state index contributed by atoms with van der Waals surface area (Å²) in [5, 5.41) is 11.3. The topological polar surface area (TPSA) is 79.3 Å². The van der Waals surface area contributed by atoms with Crippen molar-refractivity contribution in [2.75, 3.05) is 0 Å². The summed E-state index contributed by atoms with van der Waals surface area (Å²) < 4.78 is 36.9. The van der Waals surface area contributed by atoms with Crippen LogP contribution in [-0.2, 0) is 9.59 Å². The maximum atomic E-state index is 12.3. The number of amides is 1. The smallest absolute Gasteiger partial charge is 0.471 e. The Morgan fingerprint density at radius 1 is 1.48 bits per heavy atom. The minimum absolute atomic E-state index is 0.276. The minimum atomic E-state index is -5.04. The van der Waals surface area contributed by atoms with Crippen LogP contribution in [0.15, 0.2) is 36.4 Å². The van der Waals surface area contributed by atoms with E-state index < -0.39 is 29.7 Å². The van der Waals surface area contributed by atoms with Gasteiger partial charge in [-0.2, -0.15) is 13.2 Å². The molecule has 2 N–H and O–H groups in total. The molecule has 0 aliphatic heterocycles. The van der Waals surface area contributed by atoms with Crippen molar-refractivity contribution in [3.63, 3.8) is 0 Å². The van der Waals surface area contributed by atoms with Gasteiger partial charge in [-0.25, -0.2) is 0 Å². The summed E-state index contributed by atoms with van der Waals surface area (Å²) in [6.07, 6.45) is -1.84. The predicted molar refractivity (Wildman–Crippen MR) is 67.2 cm³/mol. The van der Waals surface area contributed by atoms with Crippen LogP contribution in [0, 0.1) is 0 Å². The van der Waals surface area contributed by atoms with Crippen LogP contribution in [0.5, 0.6) is 0 Å². The highest BCUT2D eigenvalue weighted by Crippen LogP contribution is 2.22. The maximum absolute atomic E-state index is 12.3. The van der Waals surface area contributed by atoms with Crippen molar-refractivity contribution in [1.82, 2.24) is 10.3 Å². The van der Waals surface area contributed by atoms with E-state index in [1.54, 1.807) is 5.32 Å². The van der Waals surface area contributed by atoms with Gasteiger partial charge in [0, 0.05) is 24.9 Å². The number of aromatic nitrogens is 1. The van der Waals surface area contributed by atoms with E-state index in [0.717, 1.165) is 6.08 Å². The summed E-state index contributed by atoms with van der Waals surface area (Å²) in [4.78, 5) is 25.6. The number of rotatable bonds is 5. The third kappa shape index (κ3) is 5.64. The number of pyridine rings is 1. The molecule has 1 unspecified atom stereocenters. The first kappa shape index (κ1) is 16.7. The van der Waals surface area contributed by atoms with E-state index in [4.69, 9.17) is 0 Å². The van der Waals surface area contributed by atoms with Gasteiger partial charge in [0.25, 0.3) is 0 Å². The molecular formula is C13H13F3N2O3. The van der Waals surface area contributed by atoms with Gasteiger partial charge < -0.3 is 10.4 Å². The lowest BCUT2D eigenvalue weighted by molar-refractivity contribution is -0.174. The van der Waals surface area contributed by atoms with Crippen molar-refractivity contribution < 1.29 is 27.9 Å². The predicted octanol–water partition coefficient (Wildman–Crippen LogP) is 2.22. The van der Waals surface area contributed by atoms with E-state index in [9.17, 15) is 27.9 Å². The van der Waals surface area contributed by atoms with Crippen LogP contribution < -0.4 is 5.32 Å². The van der Waals surface area contributed by atoms with Crippen molar-refractivity contribution in [2.45, 2.75) is 25.6 Å². The zero-order chi connectivity index (χ0) is 16.0. The summed E-state index contributed by atoms with van der Waals surface area (Å²) >= 11 is 0. The van der Waals surface area contributed by atoms with Gasteiger partial charge >= 0.3 is 12.1 Å². The average molecular weight is 302 g/mol. The molecule has 1 aromatic heterocycles.